The number of carbonyl (C=O) groups is 3. The molecule has 0 aromatic heterocycles. The van der Waals surface area contributed by atoms with Crippen LogP contribution in [-0.2, 0) is 20.7 Å². The number of terminal acetylenes is 1. The quantitative estimate of drug-likeness (QED) is 0.430. The van der Waals surface area contributed by atoms with Gasteiger partial charge in [0, 0.05) is 18.0 Å². The molecule has 4 rings (SSSR count). The van der Waals surface area contributed by atoms with Gasteiger partial charge < -0.3 is 15.2 Å². The van der Waals surface area contributed by atoms with Crippen molar-refractivity contribution in [2.24, 2.45) is 0 Å². The molecule has 0 saturated heterocycles. The number of aliphatic carboxylic acids is 1. The Balaban J connectivity index is 1.31. The number of carboxylic acid groups (broad SMARTS) is 1. The number of carbonyl (C=O) groups excluding carboxylic acids is 2. The van der Waals surface area contributed by atoms with E-state index in [4.69, 9.17) is 16.3 Å². The van der Waals surface area contributed by atoms with E-state index in [1.165, 1.54) is 0 Å². The van der Waals surface area contributed by atoms with Crippen LogP contribution in [0.15, 0.2) is 72.8 Å². The van der Waals surface area contributed by atoms with Crippen LogP contribution in [0.4, 0.5) is 10.5 Å². The number of nitrogens with one attached hydrogen (secondary N) is 2. The summed E-state index contributed by atoms with van der Waals surface area (Å²) in [6.45, 7) is 0.209. The Morgan fingerprint density at radius 3 is 2.11 bits per heavy atom. The second kappa shape index (κ2) is 10.6. The molecule has 176 valence electrons. The molecule has 3 N–H and O–H groups in total. The minimum Gasteiger partial charge on any atom is -0.480 e. The first-order valence-corrected chi connectivity index (χ1v) is 11.1. The molecular formula is C28H24N2O5. The Labute approximate surface area is 203 Å². The maximum absolute atomic E-state index is 12.4. The Morgan fingerprint density at radius 2 is 1.54 bits per heavy atom. The maximum atomic E-state index is 12.4. The molecule has 7 nitrogen and oxygen atoms in total. The van der Waals surface area contributed by atoms with Crippen LogP contribution in [0, 0.1) is 12.3 Å². The van der Waals surface area contributed by atoms with Gasteiger partial charge in [-0.3, -0.25) is 10.1 Å². The standard InChI is InChI=1S/C28H24N2O5/c1-2-7-25(27(32)33)30-26(31)16-18-12-14-19(15-13-18)29-28(34)35-17-24-22-10-5-3-8-20(22)21-9-4-6-11-23(21)24/h1,3-6,8-15,24-25H,7,16-17H2,(H,29,34)(H,30,31)(H,32,33). The van der Waals surface area contributed by atoms with Crippen LogP contribution in [0.1, 0.15) is 29.0 Å². The molecule has 0 saturated carbocycles. The van der Waals surface area contributed by atoms with E-state index < -0.39 is 24.0 Å². The first-order valence-electron chi connectivity index (χ1n) is 11.1. The zero-order chi connectivity index (χ0) is 24.8. The SMILES string of the molecule is C#CCC(NC(=O)Cc1ccc(NC(=O)OCC2c3ccccc3-c3ccccc32)cc1)C(=O)O. The van der Waals surface area contributed by atoms with Gasteiger partial charge in [0.25, 0.3) is 0 Å². The van der Waals surface area contributed by atoms with Gasteiger partial charge in [0.2, 0.25) is 5.91 Å². The largest absolute Gasteiger partial charge is 0.480 e. The second-order valence-corrected chi connectivity index (χ2v) is 8.19. The average Bonchev–Trinajstić information content (AvgIpc) is 3.17. The van der Waals surface area contributed by atoms with Crippen molar-refractivity contribution in [3.8, 4) is 23.5 Å². The van der Waals surface area contributed by atoms with Crippen LogP contribution in [0.2, 0.25) is 0 Å². The van der Waals surface area contributed by atoms with Gasteiger partial charge in [0.15, 0.2) is 0 Å². The Bertz CT molecular complexity index is 1250. The number of anilines is 1. The predicted molar refractivity (Wildman–Crippen MR) is 132 cm³/mol. The number of carboxylic acids is 1. The summed E-state index contributed by atoms with van der Waals surface area (Å²) in [5, 5.41) is 14.2. The molecule has 1 aliphatic carbocycles. The Kier molecular flexibility index (Phi) is 7.12. The molecule has 3 aromatic carbocycles. The van der Waals surface area contributed by atoms with Crippen LogP contribution in [0.5, 0.6) is 0 Å². The number of fused-ring (bicyclic) bond motifs is 3. The van der Waals surface area contributed by atoms with E-state index in [0.29, 0.717) is 11.3 Å². The lowest BCUT2D eigenvalue weighted by atomic mass is 9.98. The lowest BCUT2D eigenvalue weighted by Gasteiger charge is -2.15. The van der Waals surface area contributed by atoms with E-state index in [1.54, 1.807) is 24.3 Å². The number of hydrogen-bond donors (Lipinski definition) is 3. The van der Waals surface area contributed by atoms with E-state index in [-0.39, 0.29) is 25.4 Å². The molecule has 0 bridgehead atoms. The van der Waals surface area contributed by atoms with E-state index in [0.717, 1.165) is 22.3 Å². The summed E-state index contributed by atoms with van der Waals surface area (Å²) in [7, 11) is 0. The maximum Gasteiger partial charge on any atom is 0.411 e. The van der Waals surface area contributed by atoms with Crippen molar-refractivity contribution in [1.29, 1.82) is 0 Å². The fourth-order valence-corrected chi connectivity index (χ4v) is 4.21. The fourth-order valence-electron chi connectivity index (χ4n) is 4.21. The summed E-state index contributed by atoms with van der Waals surface area (Å²) in [6, 6.07) is 21.8. The highest BCUT2D eigenvalue weighted by Gasteiger charge is 2.29. The summed E-state index contributed by atoms with van der Waals surface area (Å²) in [5.74, 6) is 0.570. The molecule has 0 heterocycles. The number of ether oxygens (including phenoxy) is 1. The van der Waals surface area contributed by atoms with Gasteiger partial charge >= 0.3 is 12.1 Å². The highest BCUT2D eigenvalue weighted by atomic mass is 16.5. The average molecular weight is 469 g/mol. The summed E-state index contributed by atoms with van der Waals surface area (Å²) in [5.41, 5.74) is 5.76. The van der Waals surface area contributed by atoms with Gasteiger partial charge in [-0.05, 0) is 39.9 Å². The molecule has 0 aliphatic heterocycles. The molecule has 0 fully saturated rings. The minimum atomic E-state index is -1.18. The lowest BCUT2D eigenvalue weighted by Crippen LogP contribution is -2.41. The van der Waals surface area contributed by atoms with Crippen molar-refractivity contribution >= 4 is 23.7 Å². The minimum absolute atomic E-state index is 0.0143. The number of rotatable bonds is 8. The van der Waals surface area contributed by atoms with Crippen molar-refractivity contribution in [3.05, 3.63) is 89.5 Å². The summed E-state index contributed by atoms with van der Waals surface area (Å²) in [6.07, 6.45) is 4.46. The molecule has 35 heavy (non-hydrogen) atoms. The number of amides is 2. The molecular weight excluding hydrogens is 444 g/mol. The second-order valence-electron chi connectivity index (χ2n) is 8.19. The molecule has 7 heteroatoms. The van der Waals surface area contributed by atoms with Gasteiger partial charge in [-0.2, -0.15) is 0 Å². The molecule has 0 spiro atoms. The zero-order valence-corrected chi connectivity index (χ0v) is 18.9. The summed E-state index contributed by atoms with van der Waals surface area (Å²) >= 11 is 0. The van der Waals surface area contributed by atoms with Crippen LogP contribution < -0.4 is 10.6 Å². The van der Waals surface area contributed by atoms with Crippen molar-refractivity contribution in [2.75, 3.05) is 11.9 Å². The van der Waals surface area contributed by atoms with E-state index in [9.17, 15) is 14.4 Å². The van der Waals surface area contributed by atoms with Gasteiger partial charge in [0.1, 0.15) is 12.6 Å². The van der Waals surface area contributed by atoms with E-state index >= 15 is 0 Å². The van der Waals surface area contributed by atoms with Crippen molar-refractivity contribution < 1.29 is 24.2 Å². The van der Waals surface area contributed by atoms with Crippen LogP contribution >= 0.6 is 0 Å². The number of benzene rings is 3. The van der Waals surface area contributed by atoms with Gasteiger partial charge in [-0.25, -0.2) is 9.59 Å². The third kappa shape index (κ3) is 5.50. The first-order chi connectivity index (χ1) is 17.0. The molecule has 1 atom stereocenters. The molecule has 3 aromatic rings. The molecule has 1 aliphatic rings. The fraction of sp³-hybridized carbons (Fsp3) is 0.179. The van der Waals surface area contributed by atoms with Gasteiger partial charge in [-0.1, -0.05) is 60.7 Å². The normalized spacial score (nSPS) is 12.5. The Hall–Kier alpha value is -4.57. The number of hydrogen-bond acceptors (Lipinski definition) is 4. The Morgan fingerprint density at radius 1 is 0.943 bits per heavy atom. The summed E-state index contributed by atoms with van der Waals surface area (Å²) in [4.78, 5) is 35.7. The van der Waals surface area contributed by atoms with Crippen molar-refractivity contribution in [3.63, 3.8) is 0 Å². The van der Waals surface area contributed by atoms with Crippen LogP contribution in [0.25, 0.3) is 11.1 Å². The summed E-state index contributed by atoms with van der Waals surface area (Å²) < 4.78 is 5.54. The highest BCUT2D eigenvalue weighted by Crippen LogP contribution is 2.44. The first kappa shape index (κ1) is 23.6. The van der Waals surface area contributed by atoms with Gasteiger partial charge in [0.05, 0.1) is 6.42 Å². The molecule has 0 radical (unpaired) electrons. The van der Waals surface area contributed by atoms with Crippen LogP contribution in [-0.4, -0.2) is 35.7 Å². The zero-order valence-electron chi connectivity index (χ0n) is 18.9. The lowest BCUT2D eigenvalue weighted by molar-refractivity contribution is -0.141. The van der Waals surface area contributed by atoms with E-state index in [2.05, 4.69) is 40.8 Å². The predicted octanol–water partition coefficient (Wildman–Crippen LogP) is 4.18. The monoisotopic (exact) mass is 468 g/mol. The smallest absolute Gasteiger partial charge is 0.411 e. The third-order valence-electron chi connectivity index (χ3n) is 5.86. The third-order valence-corrected chi connectivity index (χ3v) is 5.86. The van der Waals surface area contributed by atoms with Crippen molar-refractivity contribution in [1.82, 2.24) is 5.32 Å². The topological polar surface area (TPSA) is 105 Å². The highest BCUT2D eigenvalue weighted by molar-refractivity contribution is 5.86. The van der Waals surface area contributed by atoms with Gasteiger partial charge in [-0.15, -0.1) is 12.3 Å². The molecule has 2 amide bonds. The van der Waals surface area contributed by atoms with E-state index in [1.807, 2.05) is 24.3 Å². The molecule has 1 unspecified atom stereocenters. The van der Waals surface area contributed by atoms with Crippen LogP contribution in [0.3, 0.4) is 0 Å². The van der Waals surface area contributed by atoms with Crippen molar-refractivity contribution in [2.45, 2.75) is 24.8 Å².